The molecule has 142 valence electrons. The van der Waals surface area contributed by atoms with Gasteiger partial charge in [0.25, 0.3) is 0 Å². The van der Waals surface area contributed by atoms with E-state index in [1.54, 1.807) is 0 Å². The van der Waals surface area contributed by atoms with Crippen molar-refractivity contribution in [3.05, 3.63) is 34.9 Å². The summed E-state index contributed by atoms with van der Waals surface area (Å²) in [4.78, 5) is 25.7. The van der Waals surface area contributed by atoms with Crippen LogP contribution in [0.4, 0.5) is 0 Å². The molecule has 0 aromatic heterocycles. The van der Waals surface area contributed by atoms with Gasteiger partial charge in [0.15, 0.2) is 0 Å². The molecule has 2 aliphatic carbocycles. The molecule has 5 heteroatoms. The van der Waals surface area contributed by atoms with E-state index >= 15 is 0 Å². The fourth-order valence-electron chi connectivity index (χ4n) is 4.04. The highest BCUT2D eigenvalue weighted by Gasteiger charge is 2.49. The predicted molar refractivity (Wildman–Crippen MR) is 104 cm³/mol. The van der Waals surface area contributed by atoms with Crippen molar-refractivity contribution in [1.29, 1.82) is 0 Å². The lowest BCUT2D eigenvalue weighted by atomic mass is 9.80. The lowest BCUT2D eigenvalue weighted by molar-refractivity contribution is -0.135. The number of nitrogens with one attached hydrogen (secondary N) is 2. The Bertz CT molecular complexity index is 655. The molecule has 1 aromatic rings. The van der Waals surface area contributed by atoms with E-state index < -0.39 is 5.54 Å². The van der Waals surface area contributed by atoms with Gasteiger partial charge in [-0.15, -0.1) is 0 Å². The molecule has 4 nitrogen and oxygen atoms in total. The van der Waals surface area contributed by atoms with Crippen LogP contribution < -0.4 is 10.6 Å². The van der Waals surface area contributed by atoms with Crippen molar-refractivity contribution in [2.45, 2.75) is 69.7 Å². The number of unbranched alkanes of at least 4 members (excludes halogenated alkanes) is 1. The summed E-state index contributed by atoms with van der Waals surface area (Å²) in [5.74, 6) is 0.0982. The first-order valence-corrected chi connectivity index (χ1v) is 10.3. The second kappa shape index (κ2) is 8.43. The third kappa shape index (κ3) is 4.22. The van der Waals surface area contributed by atoms with Crippen LogP contribution in [0.25, 0.3) is 0 Å². The first-order valence-electron chi connectivity index (χ1n) is 9.92. The zero-order valence-electron chi connectivity index (χ0n) is 15.5. The molecule has 1 aromatic carbocycles. The summed E-state index contributed by atoms with van der Waals surface area (Å²) in [6, 6.07) is 7.72. The van der Waals surface area contributed by atoms with Crippen LogP contribution in [0.15, 0.2) is 24.3 Å². The number of hydrogen-bond acceptors (Lipinski definition) is 2. The van der Waals surface area contributed by atoms with Crippen LogP contribution in [0.2, 0.25) is 5.02 Å². The Morgan fingerprint density at radius 2 is 1.92 bits per heavy atom. The molecule has 2 aliphatic rings. The molecule has 0 saturated heterocycles. The second-order valence-electron chi connectivity index (χ2n) is 7.71. The summed E-state index contributed by atoms with van der Waals surface area (Å²) in [6.07, 6.45) is 7.39. The first-order chi connectivity index (χ1) is 12.6. The molecule has 0 spiro atoms. The molecule has 2 N–H and O–H groups in total. The summed E-state index contributed by atoms with van der Waals surface area (Å²) < 4.78 is 0. The standard InChI is InChI=1S/C21H29ClN2O2/c1-2-3-13-23-20(26)21(11-7-4-8-12-21)24-19(25)17-14-16(17)15-9-5-6-10-18(15)22/h5-6,9-10,16-17H,2-4,7-8,11-14H2,1H3,(H,23,26)(H,24,25). The largest absolute Gasteiger partial charge is 0.354 e. The van der Waals surface area contributed by atoms with E-state index in [9.17, 15) is 9.59 Å². The summed E-state index contributed by atoms with van der Waals surface area (Å²) >= 11 is 6.27. The SMILES string of the molecule is CCCCNC(=O)C1(NC(=O)C2CC2c2ccccc2Cl)CCCCC1. The topological polar surface area (TPSA) is 58.2 Å². The normalized spacial score (nSPS) is 23.9. The van der Waals surface area contributed by atoms with Gasteiger partial charge in [-0.3, -0.25) is 9.59 Å². The Hall–Kier alpha value is -1.55. The van der Waals surface area contributed by atoms with Crippen molar-refractivity contribution in [2.75, 3.05) is 6.54 Å². The first kappa shape index (κ1) is 19.2. The van der Waals surface area contributed by atoms with Crippen LogP contribution in [0, 0.1) is 5.92 Å². The molecule has 2 amide bonds. The molecular formula is C21H29ClN2O2. The van der Waals surface area contributed by atoms with Gasteiger partial charge in [-0.25, -0.2) is 0 Å². The summed E-state index contributed by atoms with van der Waals surface area (Å²) in [6.45, 7) is 2.78. The predicted octanol–water partition coefficient (Wildman–Crippen LogP) is 4.18. The molecule has 2 fully saturated rings. The highest BCUT2D eigenvalue weighted by molar-refractivity contribution is 6.31. The van der Waals surface area contributed by atoms with Gasteiger partial charge in [0.05, 0.1) is 0 Å². The summed E-state index contributed by atoms with van der Waals surface area (Å²) in [7, 11) is 0. The maximum atomic E-state index is 12.9. The molecule has 2 unspecified atom stereocenters. The maximum absolute atomic E-state index is 12.9. The lowest BCUT2D eigenvalue weighted by Gasteiger charge is -2.36. The monoisotopic (exact) mass is 376 g/mol. The minimum Gasteiger partial charge on any atom is -0.354 e. The van der Waals surface area contributed by atoms with Gasteiger partial charge in [0, 0.05) is 17.5 Å². The third-order valence-electron chi connectivity index (χ3n) is 5.75. The van der Waals surface area contributed by atoms with Gasteiger partial charge in [-0.1, -0.05) is 62.4 Å². The molecular weight excluding hydrogens is 348 g/mol. The summed E-state index contributed by atoms with van der Waals surface area (Å²) in [5, 5.41) is 6.90. The van der Waals surface area contributed by atoms with Gasteiger partial charge in [0.1, 0.15) is 5.54 Å². The van der Waals surface area contributed by atoms with Gasteiger partial charge in [0.2, 0.25) is 11.8 Å². The van der Waals surface area contributed by atoms with Gasteiger partial charge < -0.3 is 10.6 Å². The number of carbonyl (C=O) groups excluding carboxylic acids is 2. The van der Waals surface area contributed by atoms with Crippen molar-refractivity contribution in [2.24, 2.45) is 5.92 Å². The average Bonchev–Trinajstić information content (AvgIpc) is 3.44. The lowest BCUT2D eigenvalue weighted by Crippen LogP contribution is -2.60. The molecule has 2 atom stereocenters. The van der Waals surface area contributed by atoms with E-state index in [-0.39, 0.29) is 23.7 Å². The number of amides is 2. The number of carbonyl (C=O) groups is 2. The Kier molecular flexibility index (Phi) is 6.23. The van der Waals surface area contributed by atoms with E-state index in [0.717, 1.165) is 62.0 Å². The van der Waals surface area contributed by atoms with Crippen LogP contribution in [0.1, 0.15) is 69.8 Å². The minimum atomic E-state index is -0.725. The van der Waals surface area contributed by atoms with Crippen molar-refractivity contribution in [1.82, 2.24) is 10.6 Å². The van der Waals surface area contributed by atoms with E-state index in [0.29, 0.717) is 6.54 Å². The van der Waals surface area contributed by atoms with Crippen LogP contribution >= 0.6 is 11.6 Å². The fraction of sp³-hybridized carbons (Fsp3) is 0.619. The Morgan fingerprint density at radius 3 is 2.62 bits per heavy atom. The molecule has 0 bridgehead atoms. The molecule has 2 saturated carbocycles. The van der Waals surface area contributed by atoms with E-state index in [1.165, 1.54) is 0 Å². The Labute approximate surface area is 161 Å². The smallest absolute Gasteiger partial charge is 0.245 e. The molecule has 0 radical (unpaired) electrons. The van der Waals surface area contributed by atoms with Crippen LogP contribution in [-0.2, 0) is 9.59 Å². The van der Waals surface area contributed by atoms with E-state index in [4.69, 9.17) is 11.6 Å². The number of hydrogen-bond donors (Lipinski definition) is 2. The van der Waals surface area contributed by atoms with Crippen molar-refractivity contribution in [3.8, 4) is 0 Å². The number of halogens is 1. The van der Waals surface area contributed by atoms with Crippen LogP contribution in [0.3, 0.4) is 0 Å². The van der Waals surface area contributed by atoms with E-state index in [2.05, 4.69) is 17.6 Å². The zero-order valence-corrected chi connectivity index (χ0v) is 16.3. The van der Waals surface area contributed by atoms with Gasteiger partial charge in [-0.05, 0) is 43.2 Å². The highest BCUT2D eigenvalue weighted by atomic mass is 35.5. The molecule has 0 aliphatic heterocycles. The summed E-state index contributed by atoms with van der Waals surface area (Å²) in [5.41, 5.74) is 0.316. The van der Waals surface area contributed by atoms with Crippen molar-refractivity contribution in [3.63, 3.8) is 0 Å². The minimum absolute atomic E-state index is 0.00228. The van der Waals surface area contributed by atoms with Crippen LogP contribution in [-0.4, -0.2) is 23.9 Å². The molecule has 26 heavy (non-hydrogen) atoms. The quantitative estimate of drug-likeness (QED) is 0.701. The molecule has 3 rings (SSSR count). The zero-order chi connectivity index (χ0) is 18.6. The Morgan fingerprint density at radius 1 is 1.19 bits per heavy atom. The van der Waals surface area contributed by atoms with Gasteiger partial charge >= 0.3 is 0 Å². The maximum Gasteiger partial charge on any atom is 0.245 e. The highest BCUT2D eigenvalue weighted by Crippen LogP contribution is 2.50. The Balaban J connectivity index is 1.65. The molecule has 0 heterocycles. The fourth-order valence-corrected chi connectivity index (χ4v) is 4.32. The number of rotatable bonds is 7. The third-order valence-corrected chi connectivity index (χ3v) is 6.10. The van der Waals surface area contributed by atoms with Crippen molar-refractivity contribution < 1.29 is 9.59 Å². The van der Waals surface area contributed by atoms with Crippen molar-refractivity contribution >= 4 is 23.4 Å². The second-order valence-corrected chi connectivity index (χ2v) is 8.12. The average molecular weight is 377 g/mol. The van der Waals surface area contributed by atoms with E-state index in [1.807, 2.05) is 24.3 Å². The number of benzene rings is 1. The van der Waals surface area contributed by atoms with Gasteiger partial charge in [-0.2, -0.15) is 0 Å². The van der Waals surface area contributed by atoms with Crippen LogP contribution in [0.5, 0.6) is 0 Å².